The van der Waals surface area contributed by atoms with Crippen LogP contribution < -0.4 is 0 Å². The lowest BCUT2D eigenvalue weighted by Crippen LogP contribution is -2.34. The van der Waals surface area contributed by atoms with Crippen molar-refractivity contribution >= 4 is 10.9 Å². The van der Waals surface area contributed by atoms with Crippen LogP contribution in [0.4, 0.5) is 0 Å². The Bertz CT molecular complexity index is 308. The van der Waals surface area contributed by atoms with E-state index in [9.17, 15) is 5.11 Å². The molecular formula is C14H23OS+. The van der Waals surface area contributed by atoms with Crippen LogP contribution in [0.5, 0.6) is 0 Å². The molecule has 1 aromatic rings. The van der Waals surface area contributed by atoms with Gasteiger partial charge in [0, 0.05) is 6.42 Å². The minimum absolute atomic E-state index is 0.249. The first-order valence-corrected chi connectivity index (χ1v) is 8.00. The van der Waals surface area contributed by atoms with Crippen LogP contribution in [-0.4, -0.2) is 23.4 Å². The molecule has 1 aromatic carbocycles. The molecule has 0 saturated carbocycles. The quantitative estimate of drug-likeness (QED) is 0.783. The Morgan fingerprint density at radius 3 is 2.19 bits per heavy atom. The van der Waals surface area contributed by atoms with Crippen LogP contribution in [0.1, 0.15) is 25.8 Å². The highest BCUT2D eigenvalue weighted by molar-refractivity contribution is 7.95. The Morgan fingerprint density at radius 2 is 1.75 bits per heavy atom. The van der Waals surface area contributed by atoms with E-state index in [1.807, 2.05) is 30.3 Å². The van der Waals surface area contributed by atoms with Gasteiger partial charge in [0.25, 0.3) is 0 Å². The first kappa shape index (κ1) is 13.6. The van der Waals surface area contributed by atoms with Crippen molar-refractivity contribution in [3.63, 3.8) is 0 Å². The van der Waals surface area contributed by atoms with Crippen LogP contribution in [-0.2, 0) is 16.5 Å². The molecule has 0 spiro atoms. The third-order valence-corrected chi connectivity index (χ3v) is 4.14. The van der Waals surface area contributed by atoms with Crippen LogP contribution in [0.15, 0.2) is 30.3 Å². The Kier molecular flexibility index (Phi) is 4.88. The molecule has 0 heterocycles. The van der Waals surface area contributed by atoms with Crippen molar-refractivity contribution in [2.75, 3.05) is 18.3 Å². The molecule has 1 unspecified atom stereocenters. The highest BCUT2D eigenvalue weighted by Gasteiger charge is 2.34. The Labute approximate surface area is 102 Å². The summed E-state index contributed by atoms with van der Waals surface area (Å²) in [7, 11) is 0.388. The van der Waals surface area contributed by atoms with Gasteiger partial charge in [-0.05, 0) is 22.4 Å². The van der Waals surface area contributed by atoms with E-state index in [0.29, 0.717) is 10.9 Å². The van der Waals surface area contributed by atoms with Crippen LogP contribution in [0, 0.1) is 5.92 Å². The van der Waals surface area contributed by atoms with Crippen molar-refractivity contribution in [3.05, 3.63) is 35.9 Å². The molecule has 90 valence electrons. The van der Waals surface area contributed by atoms with Gasteiger partial charge in [-0.1, -0.05) is 44.2 Å². The maximum absolute atomic E-state index is 10.8. The van der Waals surface area contributed by atoms with E-state index in [1.54, 1.807) is 0 Å². The summed E-state index contributed by atoms with van der Waals surface area (Å²) >= 11 is 0. The molecule has 16 heavy (non-hydrogen) atoms. The summed E-state index contributed by atoms with van der Waals surface area (Å²) in [5.41, 5.74) is 0.383. The Balaban J connectivity index is 2.89. The fraction of sp³-hybridized carbons (Fsp3) is 0.571. The summed E-state index contributed by atoms with van der Waals surface area (Å²) in [5, 5.41) is 10.8. The fourth-order valence-corrected chi connectivity index (χ4v) is 2.57. The van der Waals surface area contributed by atoms with E-state index >= 15 is 0 Å². The van der Waals surface area contributed by atoms with E-state index in [0.717, 1.165) is 17.7 Å². The maximum atomic E-state index is 10.8. The summed E-state index contributed by atoms with van der Waals surface area (Å²) in [6.07, 6.45) is 5.31. The first-order chi connectivity index (χ1) is 7.47. The second-order valence-corrected chi connectivity index (χ2v) is 7.26. The van der Waals surface area contributed by atoms with E-state index in [1.165, 1.54) is 0 Å². The molecule has 0 aliphatic heterocycles. The third kappa shape index (κ3) is 3.26. The molecule has 0 bridgehead atoms. The SMILES string of the molecule is CC(C)C(O)(CC[S+](C)C)c1ccccc1. The molecule has 0 aliphatic rings. The summed E-state index contributed by atoms with van der Waals surface area (Å²) in [5.74, 6) is 1.34. The molecular weight excluding hydrogens is 216 g/mol. The highest BCUT2D eigenvalue weighted by atomic mass is 32.2. The topological polar surface area (TPSA) is 20.2 Å². The fourth-order valence-electron chi connectivity index (χ4n) is 1.85. The molecule has 1 N–H and O–H groups in total. The van der Waals surface area contributed by atoms with Crippen LogP contribution in [0.2, 0.25) is 0 Å². The minimum Gasteiger partial charge on any atom is -0.385 e. The van der Waals surface area contributed by atoms with E-state index in [-0.39, 0.29) is 5.92 Å². The van der Waals surface area contributed by atoms with Crippen molar-refractivity contribution in [2.45, 2.75) is 25.9 Å². The summed E-state index contributed by atoms with van der Waals surface area (Å²) in [4.78, 5) is 0. The molecule has 2 heteroatoms. The van der Waals surface area contributed by atoms with Gasteiger partial charge in [0.2, 0.25) is 0 Å². The average molecular weight is 239 g/mol. The van der Waals surface area contributed by atoms with Crippen molar-refractivity contribution < 1.29 is 5.11 Å². The zero-order chi connectivity index (χ0) is 12.2. The molecule has 1 nitrogen and oxygen atoms in total. The van der Waals surface area contributed by atoms with E-state index in [2.05, 4.69) is 26.4 Å². The number of hydrogen-bond donors (Lipinski definition) is 1. The molecule has 0 amide bonds. The maximum Gasteiger partial charge on any atom is 0.110 e. The molecule has 1 atom stereocenters. The molecule has 1 rings (SSSR count). The lowest BCUT2D eigenvalue weighted by atomic mass is 9.81. The number of benzene rings is 1. The third-order valence-electron chi connectivity index (χ3n) is 3.12. The second kappa shape index (κ2) is 5.74. The van der Waals surface area contributed by atoms with Gasteiger partial charge in [0.05, 0.1) is 18.1 Å². The van der Waals surface area contributed by atoms with Gasteiger partial charge < -0.3 is 5.11 Å². The number of aliphatic hydroxyl groups is 1. The zero-order valence-electron chi connectivity index (χ0n) is 10.7. The van der Waals surface area contributed by atoms with Gasteiger partial charge in [-0.2, -0.15) is 0 Å². The summed E-state index contributed by atoms with van der Waals surface area (Å²) in [6, 6.07) is 10.1. The number of hydrogen-bond acceptors (Lipinski definition) is 1. The van der Waals surface area contributed by atoms with Crippen molar-refractivity contribution in [2.24, 2.45) is 5.92 Å². The monoisotopic (exact) mass is 239 g/mol. The van der Waals surface area contributed by atoms with Crippen molar-refractivity contribution in [3.8, 4) is 0 Å². The van der Waals surface area contributed by atoms with Gasteiger partial charge >= 0.3 is 0 Å². The molecule has 0 radical (unpaired) electrons. The molecule has 0 saturated heterocycles. The van der Waals surface area contributed by atoms with Gasteiger partial charge in [-0.25, -0.2) is 0 Å². The van der Waals surface area contributed by atoms with Gasteiger partial charge in [-0.15, -0.1) is 0 Å². The Hall–Kier alpha value is -0.470. The second-order valence-electron chi connectivity index (χ2n) is 4.88. The van der Waals surface area contributed by atoms with E-state index in [4.69, 9.17) is 0 Å². The van der Waals surface area contributed by atoms with Crippen LogP contribution >= 0.6 is 0 Å². The summed E-state index contributed by atoms with van der Waals surface area (Å²) < 4.78 is 0. The van der Waals surface area contributed by atoms with E-state index < -0.39 is 5.60 Å². The molecule has 0 fully saturated rings. The van der Waals surface area contributed by atoms with Crippen LogP contribution in [0.3, 0.4) is 0 Å². The largest absolute Gasteiger partial charge is 0.385 e. The predicted molar refractivity (Wildman–Crippen MR) is 73.9 cm³/mol. The Morgan fingerprint density at radius 1 is 1.19 bits per heavy atom. The molecule has 0 aromatic heterocycles. The van der Waals surface area contributed by atoms with Gasteiger partial charge in [0.1, 0.15) is 5.75 Å². The normalized spacial score (nSPS) is 15.4. The first-order valence-electron chi connectivity index (χ1n) is 5.79. The zero-order valence-corrected chi connectivity index (χ0v) is 11.6. The number of rotatable bonds is 5. The van der Waals surface area contributed by atoms with Gasteiger partial charge in [-0.3, -0.25) is 0 Å². The molecule has 0 aliphatic carbocycles. The summed E-state index contributed by atoms with van der Waals surface area (Å²) in [6.45, 7) is 4.19. The van der Waals surface area contributed by atoms with Gasteiger partial charge in [0.15, 0.2) is 0 Å². The minimum atomic E-state index is -0.668. The lowest BCUT2D eigenvalue weighted by molar-refractivity contribution is -0.0129. The standard InChI is InChI=1S/C14H23OS/c1-12(2)14(15,10-11-16(3)4)13-8-6-5-7-9-13/h5-9,12,15H,10-11H2,1-4H3/q+1. The van der Waals surface area contributed by atoms with Crippen molar-refractivity contribution in [1.82, 2.24) is 0 Å². The lowest BCUT2D eigenvalue weighted by Gasteiger charge is -2.32. The van der Waals surface area contributed by atoms with Crippen molar-refractivity contribution in [1.29, 1.82) is 0 Å². The smallest absolute Gasteiger partial charge is 0.110 e. The average Bonchev–Trinajstić information content (AvgIpc) is 2.26. The highest BCUT2D eigenvalue weighted by Crippen LogP contribution is 2.33. The van der Waals surface area contributed by atoms with Crippen LogP contribution in [0.25, 0.3) is 0 Å². The predicted octanol–water partition coefficient (Wildman–Crippen LogP) is 2.80.